The number of nitrogens with zero attached hydrogens (tertiary/aromatic N) is 2. The van der Waals surface area contributed by atoms with Gasteiger partial charge in [0.1, 0.15) is 0 Å². The molecular weight excluding hydrogens is 258 g/mol. The van der Waals surface area contributed by atoms with E-state index in [1.807, 2.05) is 28.6 Å². The molecule has 1 N–H and O–H groups in total. The number of likely N-dealkylation sites (tertiary alicyclic amines) is 1. The van der Waals surface area contributed by atoms with Crippen LogP contribution in [0.1, 0.15) is 39.7 Å². The van der Waals surface area contributed by atoms with Crippen LogP contribution >= 0.6 is 11.3 Å². The molecule has 0 saturated carbocycles. The molecule has 0 spiro atoms. The molecule has 19 heavy (non-hydrogen) atoms. The zero-order chi connectivity index (χ0) is 13.2. The fourth-order valence-corrected chi connectivity index (χ4v) is 3.41. The van der Waals surface area contributed by atoms with E-state index in [4.69, 9.17) is 0 Å². The van der Waals surface area contributed by atoms with Gasteiger partial charge in [0.05, 0.1) is 11.1 Å². The van der Waals surface area contributed by atoms with E-state index >= 15 is 0 Å². The third kappa shape index (κ3) is 2.42. The van der Waals surface area contributed by atoms with Gasteiger partial charge in [-0.2, -0.15) is 5.10 Å². The van der Waals surface area contributed by atoms with Crippen LogP contribution in [-0.2, 0) is 0 Å². The van der Waals surface area contributed by atoms with Gasteiger partial charge in [-0.05, 0) is 36.8 Å². The lowest BCUT2D eigenvalue weighted by molar-refractivity contribution is 0.0710. The van der Waals surface area contributed by atoms with Crippen molar-refractivity contribution in [3.63, 3.8) is 0 Å². The molecule has 1 aliphatic rings. The summed E-state index contributed by atoms with van der Waals surface area (Å²) in [5, 5.41) is 9.13. The molecular formula is C14H17N3OS. The molecule has 3 heterocycles. The molecule has 100 valence electrons. The zero-order valence-corrected chi connectivity index (χ0v) is 11.7. The number of amides is 1. The molecule has 0 unspecified atom stereocenters. The number of carbonyl (C=O) groups is 1. The minimum absolute atomic E-state index is 0.164. The molecule has 4 nitrogen and oxygen atoms in total. The lowest BCUT2D eigenvalue weighted by Crippen LogP contribution is -2.39. The fourth-order valence-electron chi connectivity index (χ4n) is 2.72. The van der Waals surface area contributed by atoms with Crippen molar-refractivity contribution in [2.75, 3.05) is 13.1 Å². The van der Waals surface area contributed by atoms with Gasteiger partial charge < -0.3 is 4.90 Å². The Bertz CT molecular complexity index is 561. The minimum Gasteiger partial charge on any atom is -0.337 e. The Morgan fingerprint density at radius 3 is 3.16 bits per heavy atom. The number of nitrogens with one attached hydrogen (secondary N) is 1. The van der Waals surface area contributed by atoms with Gasteiger partial charge in [0.25, 0.3) is 5.91 Å². The highest BCUT2D eigenvalue weighted by Crippen LogP contribution is 2.28. The average Bonchev–Trinajstić information content (AvgIpc) is 3.09. The molecule has 0 aromatic carbocycles. The molecule has 1 saturated heterocycles. The molecule has 1 atom stereocenters. The van der Waals surface area contributed by atoms with Gasteiger partial charge in [-0.1, -0.05) is 6.07 Å². The highest BCUT2D eigenvalue weighted by atomic mass is 32.1. The summed E-state index contributed by atoms with van der Waals surface area (Å²) in [6, 6.07) is 3.83. The fraction of sp³-hybridized carbons (Fsp3) is 0.429. The number of H-pyrrole nitrogens is 1. The summed E-state index contributed by atoms with van der Waals surface area (Å²) in [6.45, 7) is 3.72. The van der Waals surface area contributed by atoms with E-state index in [-0.39, 0.29) is 5.91 Å². The number of piperidine rings is 1. The summed E-state index contributed by atoms with van der Waals surface area (Å²) in [7, 11) is 0. The van der Waals surface area contributed by atoms with E-state index in [0.29, 0.717) is 5.92 Å². The molecule has 3 rings (SSSR count). The Morgan fingerprint density at radius 1 is 1.58 bits per heavy atom. The SMILES string of the molecule is Cc1cn[nH]c1[C@@H]1CCCN(C(=O)c2cccs2)C1. The molecule has 2 aromatic rings. The predicted molar refractivity (Wildman–Crippen MR) is 75.5 cm³/mol. The number of thiophene rings is 1. The van der Waals surface area contributed by atoms with Crippen molar-refractivity contribution < 1.29 is 4.79 Å². The van der Waals surface area contributed by atoms with Gasteiger partial charge >= 0.3 is 0 Å². The molecule has 1 fully saturated rings. The van der Waals surface area contributed by atoms with Gasteiger partial charge in [-0.15, -0.1) is 11.3 Å². The summed E-state index contributed by atoms with van der Waals surface area (Å²) >= 11 is 1.52. The minimum atomic E-state index is 0.164. The first-order chi connectivity index (χ1) is 9.25. The average molecular weight is 275 g/mol. The lowest BCUT2D eigenvalue weighted by atomic mass is 9.93. The second-order valence-electron chi connectivity index (χ2n) is 5.03. The number of aryl methyl sites for hydroxylation is 1. The van der Waals surface area contributed by atoms with E-state index in [9.17, 15) is 4.79 Å². The van der Waals surface area contributed by atoms with Crippen molar-refractivity contribution in [2.45, 2.75) is 25.7 Å². The van der Waals surface area contributed by atoms with Crippen molar-refractivity contribution in [3.8, 4) is 0 Å². The first-order valence-electron chi connectivity index (χ1n) is 6.58. The second kappa shape index (κ2) is 5.17. The van der Waals surface area contributed by atoms with Gasteiger partial charge in [0.2, 0.25) is 0 Å². The molecule has 0 radical (unpaired) electrons. The van der Waals surface area contributed by atoms with Gasteiger partial charge in [-0.25, -0.2) is 0 Å². The Balaban J connectivity index is 1.75. The first-order valence-corrected chi connectivity index (χ1v) is 7.46. The van der Waals surface area contributed by atoms with Crippen LogP contribution in [0.25, 0.3) is 0 Å². The van der Waals surface area contributed by atoms with Crippen LogP contribution in [0.2, 0.25) is 0 Å². The lowest BCUT2D eigenvalue weighted by Gasteiger charge is -2.32. The van der Waals surface area contributed by atoms with E-state index < -0.39 is 0 Å². The number of rotatable bonds is 2. The van der Waals surface area contributed by atoms with E-state index in [1.54, 1.807) is 0 Å². The molecule has 2 aromatic heterocycles. The van der Waals surface area contributed by atoms with Crippen molar-refractivity contribution >= 4 is 17.2 Å². The summed E-state index contributed by atoms with van der Waals surface area (Å²) < 4.78 is 0. The quantitative estimate of drug-likeness (QED) is 0.916. The maximum Gasteiger partial charge on any atom is 0.263 e. The molecule has 1 amide bonds. The topological polar surface area (TPSA) is 49.0 Å². The summed E-state index contributed by atoms with van der Waals surface area (Å²) in [5.41, 5.74) is 2.37. The zero-order valence-electron chi connectivity index (χ0n) is 10.9. The molecule has 0 aliphatic carbocycles. The number of aromatic amines is 1. The van der Waals surface area contributed by atoms with Crippen LogP contribution in [0.4, 0.5) is 0 Å². The summed E-state index contributed by atoms with van der Waals surface area (Å²) in [5.74, 6) is 0.553. The number of aromatic nitrogens is 2. The third-order valence-corrected chi connectivity index (χ3v) is 4.57. The van der Waals surface area contributed by atoms with E-state index in [1.165, 1.54) is 22.6 Å². The van der Waals surface area contributed by atoms with E-state index in [2.05, 4.69) is 17.1 Å². The highest BCUT2D eigenvalue weighted by Gasteiger charge is 2.27. The summed E-state index contributed by atoms with van der Waals surface area (Å²) in [6.07, 6.45) is 4.03. The molecule has 5 heteroatoms. The molecule has 0 bridgehead atoms. The maximum atomic E-state index is 12.4. The Labute approximate surface area is 116 Å². The first kappa shape index (κ1) is 12.4. The normalized spacial score (nSPS) is 19.6. The predicted octanol–water partition coefficient (Wildman–Crippen LogP) is 2.80. The standard InChI is InChI=1S/C14H17N3OS/c1-10-8-15-16-13(10)11-4-2-6-17(9-11)14(18)12-5-3-7-19-12/h3,5,7-8,11H,2,4,6,9H2,1H3,(H,15,16)/t11-/m1/s1. The van der Waals surface area contributed by atoms with Crippen LogP contribution in [-0.4, -0.2) is 34.1 Å². The van der Waals surface area contributed by atoms with Crippen molar-refractivity contribution in [1.82, 2.24) is 15.1 Å². The van der Waals surface area contributed by atoms with Crippen LogP contribution in [0, 0.1) is 6.92 Å². The van der Waals surface area contributed by atoms with Crippen LogP contribution in [0.3, 0.4) is 0 Å². The van der Waals surface area contributed by atoms with Gasteiger partial charge in [-0.3, -0.25) is 9.89 Å². The second-order valence-corrected chi connectivity index (χ2v) is 5.98. The Kier molecular flexibility index (Phi) is 3.38. The third-order valence-electron chi connectivity index (χ3n) is 3.72. The summed E-state index contributed by atoms with van der Waals surface area (Å²) in [4.78, 5) is 15.2. The Morgan fingerprint density at radius 2 is 2.47 bits per heavy atom. The van der Waals surface area contributed by atoms with Gasteiger partial charge in [0, 0.05) is 24.7 Å². The van der Waals surface area contributed by atoms with Crippen LogP contribution < -0.4 is 0 Å². The largest absolute Gasteiger partial charge is 0.337 e. The molecule has 1 aliphatic heterocycles. The number of carbonyl (C=O) groups excluding carboxylic acids is 1. The van der Waals surface area contributed by atoms with Crippen molar-refractivity contribution in [1.29, 1.82) is 0 Å². The number of hydrogen-bond acceptors (Lipinski definition) is 3. The van der Waals surface area contributed by atoms with Crippen molar-refractivity contribution in [2.24, 2.45) is 0 Å². The smallest absolute Gasteiger partial charge is 0.263 e. The highest BCUT2D eigenvalue weighted by molar-refractivity contribution is 7.12. The van der Waals surface area contributed by atoms with Crippen molar-refractivity contribution in [3.05, 3.63) is 39.8 Å². The maximum absolute atomic E-state index is 12.4. The van der Waals surface area contributed by atoms with Gasteiger partial charge in [0.15, 0.2) is 0 Å². The van der Waals surface area contributed by atoms with E-state index in [0.717, 1.165) is 30.8 Å². The van der Waals surface area contributed by atoms with Crippen LogP contribution in [0.5, 0.6) is 0 Å². The van der Waals surface area contributed by atoms with Crippen LogP contribution in [0.15, 0.2) is 23.7 Å². The monoisotopic (exact) mass is 275 g/mol. The number of hydrogen-bond donors (Lipinski definition) is 1. The Hall–Kier alpha value is -1.62.